The molecule has 0 unspecified atom stereocenters. The van der Waals surface area contributed by atoms with Gasteiger partial charge in [-0.3, -0.25) is 9.69 Å². The molecular formula is C21H28N4O3S. The fourth-order valence-electron chi connectivity index (χ4n) is 3.41. The monoisotopic (exact) mass is 416 g/mol. The number of carbonyl (C=O) groups is 2. The molecule has 2 aromatic rings. The molecule has 1 aromatic carbocycles. The molecule has 2 heterocycles. The van der Waals surface area contributed by atoms with Crippen LogP contribution in [0.5, 0.6) is 0 Å². The van der Waals surface area contributed by atoms with Crippen LogP contribution in [0.15, 0.2) is 24.3 Å². The molecule has 8 heteroatoms. The predicted octanol–water partition coefficient (Wildman–Crippen LogP) is 2.25. The Morgan fingerprint density at radius 2 is 2.00 bits per heavy atom. The van der Waals surface area contributed by atoms with Crippen LogP contribution in [0.4, 0.5) is 10.7 Å². The summed E-state index contributed by atoms with van der Waals surface area (Å²) >= 11 is 1.42. The number of anilines is 2. The van der Waals surface area contributed by atoms with Gasteiger partial charge in [0.25, 0.3) is 0 Å². The summed E-state index contributed by atoms with van der Waals surface area (Å²) in [6, 6.07) is 8.12. The first kappa shape index (κ1) is 21.1. The minimum Gasteiger partial charge on any atom is -0.462 e. The van der Waals surface area contributed by atoms with Crippen molar-refractivity contribution in [2.24, 2.45) is 0 Å². The molecule has 29 heavy (non-hydrogen) atoms. The van der Waals surface area contributed by atoms with Gasteiger partial charge in [-0.25, -0.2) is 4.79 Å². The lowest BCUT2D eigenvalue weighted by atomic mass is 10.0. The van der Waals surface area contributed by atoms with Gasteiger partial charge >= 0.3 is 5.97 Å². The van der Waals surface area contributed by atoms with Crippen molar-refractivity contribution in [3.05, 3.63) is 45.8 Å². The van der Waals surface area contributed by atoms with Crippen LogP contribution in [-0.2, 0) is 29.0 Å². The van der Waals surface area contributed by atoms with E-state index in [2.05, 4.69) is 10.2 Å². The summed E-state index contributed by atoms with van der Waals surface area (Å²) in [5.74, 6) is -0.366. The van der Waals surface area contributed by atoms with Crippen molar-refractivity contribution >= 4 is 33.9 Å². The van der Waals surface area contributed by atoms with Gasteiger partial charge < -0.3 is 20.7 Å². The van der Waals surface area contributed by atoms with Gasteiger partial charge in [0.15, 0.2) is 0 Å². The summed E-state index contributed by atoms with van der Waals surface area (Å²) < 4.78 is 5.13. The number of thiophene rings is 1. The highest BCUT2D eigenvalue weighted by molar-refractivity contribution is 7.16. The minimum atomic E-state index is -0.353. The van der Waals surface area contributed by atoms with Gasteiger partial charge in [0.2, 0.25) is 5.91 Å². The number of rotatable bonds is 7. The molecule has 3 rings (SSSR count). The molecule has 156 valence electrons. The molecule has 1 aromatic heterocycles. The maximum absolute atomic E-state index is 12.4. The number of nitrogens with zero attached hydrogens (tertiary/aromatic N) is 2. The molecule has 0 fully saturated rings. The van der Waals surface area contributed by atoms with Gasteiger partial charge in [-0.05, 0) is 36.6 Å². The Bertz CT molecular complexity index is 877. The quantitative estimate of drug-likeness (QED) is 0.673. The Labute approximate surface area is 175 Å². The highest BCUT2D eigenvalue weighted by atomic mass is 32.1. The number of esters is 1. The van der Waals surface area contributed by atoms with Crippen LogP contribution in [0.2, 0.25) is 0 Å². The Morgan fingerprint density at radius 1 is 1.28 bits per heavy atom. The number of amides is 1. The van der Waals surface area contributed by atoms with E-state index in [0.717, 1.165) is 21.7 Å². The average molecular weight is 417 g/mol. The van der Waals surface area contributed by atoms with Crippen LogP contribution < -0.4 is 16.0 Å². The van der Waals surface area contributed by atoms with Crippen molar-refractivity contribution < 1.29 is 14.3 Å². The van der Waals surface area contributed by atoms with E-state index >= 15 is 0 Å². The first-order chi connectivity index (χ1) is 13.9. The molecule has 0 saturated carbocycles. The third-order valence-corrected chi connectivity index (χ3v) is 6.00. The van der Waals surface area contributed by atoms with E-state index in [1.165, 1.54) is 11.3 Å². The first-order valence-electron chi connectivity index (χ1n) is 9.71. The molecule has 0 bridgehead atoms. The Kier molecular flexibility index (Phi) is 6.76. The maximum atomic E-state index is 12.4. The summed E-state index contributed by atoms with van der Waals surface area (Å²) in [5, 5.41) is 3.48. The van der Waals surface area contributed by atoms with Gasteiger partial charge in [-0.1, -0.05) is 12.1 Å². The van der Waals surface area contributed by atoms with E-state index in [0.29, 0.717) is 49.8 Å². The van der Waals surface area contributed by atoms with Crippen molar-refractivity contribution in [3.63, 3.8) is 0 Å². The zero-order valence-corrected chi connectivity index (χ0v) is 18.0. The SMILES string of the molecule is CCOC(=O)c1c(N)sc2c1CCN(CC(=O)NCc1ccc(N(C)C)cc1)C2. The predicted molar refractivity (Wildman–Crippen MR) is 116 cm³/mol. The second kappa shape index (κ2) is 9.28. The molecular weight excluding hydrogens is 388 g/mol. The van der Waals surface area contributed by atoms with E-state index in [1.807, 2.05) is 43.3 Å². The molecule has 0 radical (unpaired) electrons. The molecule has 0 saturated heterocycles. The lowest BCUT2D eigenvalue weighted by Crippen LogP contribution is -2.39. The molecule has 1 amide bonds. The third kappa shape index (κ3) is 5.07. The fraction of sp³-hybridized carbons (Fsp3) is 0.429. The summed E-state index contributed by atoms with van der Waals surface area (Å²) in [6.45, 7) is 4.26. The van der Waals surface area contributed by atoms with Crippen LogP contribution >= 0.6 is 11.3 Å². The molecule has 7 nitrogen and oxygen atoms in total. The van der Waals surface area contributed by atoms with Gasteiger partial charge in [0.05, 0.1) is 18.7 Å². The Morgan fingerprint density at radius 3 is 2.66 bits per heavy atom. The summed E-state index contributed by atoms with van der Waals surface area (Å²) in [5.41, 5.74) is 9.74. The van der Waals surface area contributed by atoms with Gasteiger partial charge in [-0.15, -0.1) is 11.3 Å². The van der Waals surface area contributed by atoms with Crippen molar-refractivity contribution in [2.45, 2.75) is 26.4 Å². The Balaban J connectivity index is 1.54. The lowest BCUT2D eigenvalue weighted by Gasteiger charge is -2.26. The number of hydrogen-bond acceptors (Lipinski definition) is 7. The van der Waals surface area contributed by atoms with Gasteiger partial charge in [0.1, 0.15) is 5.00 Å². The van der Waals surface area contributed by atoms with E-state index < -0.39 is 0 Å². The van der Waals surface area contributed by atoms with Crippen molar-refractivity contribution in [1.82, 2.24) is 10.2 Å². The molecule has 1 aliphatic heterocycles. The van der Waals surface area contributed by atoms with E-state index in [4.69, 9.17) is 10.5 Å². The fourth-order valence-corrected chi connectivity index (χ4v) is 4.56. The van der Waals surface area contributed by atoms with Gasteiger partial charge in [-0.2, -0.15) is 0 Å². The van der Waals surface area contributed by atoms with Crippen LogP contribution in [-0.4, -0.2) is 50.6 Å². The van der Waals surface area contributed by atoms with Gasteiger partial charge in [0, 0.05) is 44.3 Å². The normalized spacial score (nSPS) is 13.6. The van der Waals surface area contributed by atoms with Crippen molar-refractivity contribution in [3.8, 4) is 0 Å². The van der Waals surface area contributed by atoms with Crippen LogP contribution in [0, 0.1) is 0 Å². The highest BCUT2D eigenvalue weighted by Gasteiger charge is 2.28. The second-order valence-corrected chi connectivity index (χ2v) is 8.40. The topological polar surface area (TPSA) is 87.9 Å². The van der Waals surface area contributed by atoms with E-state index in [1.54, 1.807) is 6.92 Å². The molecule has 1 aliphatic rings. The molecule has 3 N–H and O–H groups in total. The number of nitrogens with one attached hydrogen (secondary N) is 1. The maximum Gasteiger partial charge on any atom is 0.341 e. The van der Waals surface area contributed by atoms with E-state index in [9.17, 15) is 9.59 Å². The number of fused-ring (bicyclic) bond motifs is 1. The summed E-state index contributed by atoms with van der Waals surface area (Å²) in [6.07, 6.45) is 0.691. The van der Waals surface area contributed by atoms with Crippen LogP contribution in [0.25, 0.3) is 0 Å². The standard InChI is InChI=1S/C21H28N4O3S/c1-4-28-21(27)19-16-9-10-25(12-17(16)29-20(19)22)13-18(26)23-11-14-5-7-15(8-6-14)24(2)3/h5-8H,4,9-13,22H2,1-3H3,(H,23,26). The minimum absolute atomic E-state index is 0.0136. The van der Waals surface area contributed by atoms with E-state index in [-0.39, 0.29) is 11.9 Å². The highest BCUT2D eigenvalue weighted by Crippen LogP contribution is 2.35. The molecule has 0 aliphatic carbocycles. The Hall–Kier alpha value is -2.58. The molecule has 0 spiro atoms. The zero-order chi connectivity index (χ0) is 21.0. The second-order valence-electron chi connectivity index (χ2n) is 7.26. The largest absolute Gasteiger partial charge is 0.462 e. The number of benzene rings is 1. The number of nitrogen functional groups attached to an aromatic ring is 1. The zero-order valence-electron chi connectivity index (χ0n) is 17.2. The molecule has 0 atom stereocenters. The number of hydrogen-bond donors (Lipinski definition) is 2. The summed E-state index contributed by atoms with van der Waals surface area (Å²) in [7, 11) is 4.00. The van der Waals surface area contributed by atoms with Crippen LogP contribution in [0.1, 0.15) is 33.3 Å². The lowest BCUT2D eigenvalue weighted by molar-refractivity contribution is -0.122. The number of nitrogens with two attached hydrogens (primary N) is 1. The summed E-state index contributed by atoms with van der Waals surface area (Å²) in [4.78, 5) is 29.7. The van der Waals surface area contributed by atoms with Crippen LogP contribution in [0.3, 0.4) is 0 Å². The smallest absolute Gasteiger partial charge is 0.341 e. The van der Waals surface area contributed by atoms with Crippen molar-refractivity contribution in [1.29, 1.82) is 0 Å². The number of ether oxygens (including phenoxy) is 1. The average Bonchev–Trinajstić information content (AvgIpc) is 3.02. The number of carbonyl (C=O) groups excluding carboxylic acids is 2. The van der Waals surface area contributed by atoms with Crippen molar-refractivity contribution in [2.75, 3.05) is 44.4 Å². The third-order valence-electron chi connectivity index (χ3n) is 4.95. The first-order valence-corrected chi connectivity index (χ1v) is 10.5.